The lowest BCUT2D eigenvalue weighted by atomic mass is 10.0. The maximum Gasteiger partial charge on any atom is 0.242 e. The minimum Gasteiger partial charge on any atom is -0.357 e. The second-order valence-electron chi connectivity index (χ2n) is 9.20. The van der Waals surface area contributed by atoms with Crippen LogP contribution in [0.2, 0.25) is 0 Å². The monoisotopic (exact) mass is 599 g/mol. The van der Waals surface area contributed by atoms with Gasteiger partial charge < -0.3 is 10.2 Å². The van der Waals surface area contributed by atoms with Gasteiger partial charge in [0.05, 0.1) is 11.9 Å². The summed E-state index contributed by atoms with van der Waals surface area (Å²) in [5.74, 6) is -0.470. The highest BCUT2D eigenvalue weighted by atomic mass is 79.9. The van der Waals surface area contributed by atoms with Gasteiger partial charge in [0.2, 0.25) is 21.8 Å². The number of hydrogen-bond donors (Lipinski definition) is 1. The first-order valence-corrected chi connectivity index (χ1v) is 15.1. The Morgan fingerprint density at radius 1 is 0.947 bits per heavy atom. The van der Waals surface area contributed by atoms with Gasteiger partial charge >= 0.3 is 0 Å². The second kappa shape index (κ2) is 13.6. The zero-order chi connectivity index (χ0) is 27.7. The number of likely N-dealkylation sites (N-methyl/N-ethyl adjacent to an activating group) is 1. The van der Waals surface area contributed by atoms with Gasteiger partial charge in [-0.05, 0) is 48.2 Å². The molecule has 202 valence electrons. The molecule has 0 bridgehead atoms. The molecule has 7 nitrogen and oxygen atoms in total. The van der Waals surface area contributed by atoms with Crippen molar-refractivity contribution in [1.29, 1.82) is 0 Å². The Kier molecular flexibility index (Phi) is 10.5. The van der Waals surface area contributed by atoms with Crippen molar-refractivity contribution in [2.75, 3.05) is 24.2 Å². The molecule has 0 saturated heterocycles. The third-order valence-corrected chi connectivity index (χ3v) is 7.97. The zero-order valence-corrected chi connectivity index (χ0v) is 24.3. The van der Waals surface area contributed by atoms with E-state index >= 15 is 0 Å². The summed E-state index contributed by atoms with van der Waals surface area (Å²) in [5.41, 5.74) is 3.26. The summed E-state index contributed by atoms with van der Waals surface area (Å²) in [5, 5.41) is 2.71. The lowest BCUT2D eigenvalue weighted by Crippen LogP contribution is -2.49. The van der Waals surface area contributed by atoms with Gasteiger partial charge in [-0.3, -0.25) is 13.9 Å². The molecule has 0 aliphatic heterocycles. The second-order valence-corrected chi connectivity index (χ2v) is 12.0. The number of carbonyl (C=O) groups is 2. The highest BCUT2D eigenvalue weighted by molar-refractivity contribution is 9.10. The van der Waals surface area contributed by atoms with Crippen LogP contribution in [-0.4, -0.2) is 51.0 Å². The number of hydrogen-bond acceptors (Lipinski definition) is 4. The van der Waals surface area contributed by atoms with E-state index in [1.165, 1.54) is 10.6 Å². The van der Waals surface area contributed by atoms with E-state index in [9.17, 15) is 18.0 Å². The molecule has 0 unspecified atom stereocenters. The Hall–Kier alpha value is -3.17. The van der Waals surface area contributed by atoms with Crippen molar-refractivity contribution < 1.29 is 18.0 Å². The van der Waals surface area contributed by atoms with Crippen LogP contribution in [-0.2, 0) is 32.6 Å². The number of para-hydroxylation sites is 1. The van der Waals surface area contributed by atoms with Crippen molar-refractivity contribution in [3.8, 4) is 0 Å². The fourth-order valence-electron chi connectivity index (χ4n) is 4.38. The van der Waals surface area contributed by atoms with Gasteiger partial charge in [-0.15, -0.1) is 0 Å². The lowest BCUT2D eigenvalue weighted by Gasteiger charge is -2.31. The van der Waals surface area contributed by atoms with Gasteiger partial charge in [-0.2, -0.15) is 0 Å². The molecule has 3 aromatic carbocycles. The number of sulfonamides is 1. The van der Waals surface area contributed by atoms with E-state index in [1.54, 1.807) is 24.1 Å². The first-order valence-electron chi connectivity index (χ1n) is 12.4. The van der Waals surface area contributed by atoms with Crippen LogP contribution in [0.4, 0.5) is 5.69 Å². The van der Waals surface area contributed by atoms with Crippen LogP contribution in [0.25, 0.3) is 0 Å². The number of benzene rings is 3. The minimum atomic E-state index is -3.55. The van der Waals surface area contributed by atoms with Crippen LogP contribution in [0, 0.1) is 6.92 Å². The molecule has 0 aliphatic carbocycles. The summed E-state index contributed by atoms with van der Waals surface area (Å²) in [6.45, 7) is 2.26. The van der Waals surface area contributed by atoms with E-state index < -0.39 is 16.1 Å². The number of aryl methyl sites for hydroxylation is 1. The number of anilines is 1. The first kappa shape index (κ1) is 29.4. The number of rotatable bonds is 12. The van der Waals surface area contributed by atoms with Crippen LogP contribution < -0.4 is 9.62 Å². The quantitative estimate of drug-likeness (QED) is 0.327. The van der Waals surface area contributed by atoms with Crippen LogP contribution in [0.3, 0.4) is 0 Å². The SMILES string of the molecule is CNC(=O)[C@H](Cc1ccccc1)N(Cc1cccc(Br)c1)C(=O)CCCN(c1ccccc1C)S(C)(=O)=O. The molecule has 1 atom stereocenters. The van der Waals surface area contributed by atoms with E-state index in [4.69, 9.17) is 0 Å². The van der Waals surface area contributed by atoms with Crippen LogP contribution in [0.5, 0.6) is 0 Å². The van der Waals surface area contributed by atoms with E-state index in [0.717, 1.165) is 21.2 Å². The number of amides is 2. The van der Waals surface area contributed by atoms with E-state index in [-0.39, 0.29) is 31.3 Å². The van der Waals surface area contributed by atoms with Crippen molar-refractivity contribution in [2.45, 2.75) is 38.8 Å². The largest absolute Gasteiger partial charge is 0.357 e. The van der Waals surface area contributed by atoms with Gasteiger partial charge in [0.25, 0.3) is 0 Å². The molecule has 0 heterocycles. The Morgan fingerprint density at radius 2 is 1.61 bits per heavy atom. The topological polar surface area (TPSA) is 86.8 Å². The molecular weight excluding hydrogens is 566 g/mol. The highest BCUT2D eigenvalue weighted by Crippen LogP contribution is 2.23. The molecule has 0 aliphatic rings. The average molecular weight is 601 g/mol. The third-order valence-electron chi connectivity index (χ3n) is 6.30. The van der Waals surface area contributed by atoms with Gasteiger partial charge in [0.15, 0.2) is 0 Å². The molecule has 3 aromatic rings. The molecule has 0 fully saturated rings. The van der Waals surface area contributed by atoms with Crippen LogP contribution in [0.15, 0.2) is 83.3 Å². The summed E-state index contributed by atoms with van der Waals surface area (Å²) < 4.78 is 27.4. The van der Waals surface area contributed by atoms with Crippen molar-refractivity contribution in [2.24, 2.45) is 0 Å². The first-order chi connectivity index (χ1) is 18.1. The van der Waals surface area contributed by atoms with Gasteiger partial charge in [0.1, 0.15) is 6.04 Å². The van der Waals surface area contributed by atoms with Gasteiger partial charge in [0, 0.05) is 37.5 Å². The summed E-state index contributed by atoms with van der Waals surface area (Å²) in [6.07, 6.45) is 1.93. The normalized spacial score (nSPS) is 12.0. The smallest absolute Gasteiger partial charge is 0.242 e. The number of nitrogens with zero attached hydrogens (tertiary/aromatic N) is 2. The Bertz CT molecular complexity index is 1350. The number of halogens is 1. The van der Waals surface area contributed by atoms with Gasteiger partial charge in [-0.25, -0.2) is 8.42 Å². The molecule has 0 spiro atoms. The van der Waals surface area contributed by atoms with E-state index in [1.807, 2.05) is 73.7 Å². The Labute approximate surface area is 234 Å². The van der Waals surface area contributed by atoms with E-state index in [2.05, 4.69) is 21.2 Å². The van der Waals surface area contributed by atoms with Crippen LogP contribution in [0.1, 0.15) is 29.5 Å². The highest BCUT2D eigenvalue weighted by Gasteiger charge is 2.30. The minimum absolute atomic E-state index is 0.0915. The maximum atomic E-state index is 13.7. The standard InChI is InChI=1S/C29H34BrN3O4S/c1-22-11-7-8-16-26(22)33(38(3,36)37)18-10-17-28(34)32(21-24-14-9-15-25(30)19-24)27(29(35)31-2)20-23-12-5-4-6-13-23/h4-9,11-16,19,27H,10,17-18,20-21H2,1-3H3,(H,31,35)/t27-/m0/s1. The van der Waals surface area contributed by atoms with Crippen molar-refractivity contribution >= 4 is 43.5 Å². The molecule has 3 rings (SSSR count). The summed E-state index contributed by atoms with van der Waals surface area (Å²) >= 11 is 3.48. The molecule has 38 heavy (non-hydrogen) atoms. The predicted molar refractivity (Wildman–Crippen MR) is 155 cm³/mol. The number of nitrogens with one attached hydrogen (secondary N) is 1. The van der Waals surface area contributed by atoms with Crippen molar-refractivity contribution in [1.82, 2.24) is 10.2 Å². The Morgan fingerprint density at radius 3 is 2.24 bits per heavy atom. The Balaban J connectivity index is 1.85. The summed E-state index contributed by atoms with van der Waals surface area (Å²) in [7, 11) is -1.98. The molecule has 0 aromatic heterocycles. The van der Waals surface area contributed by atoms with E-state index in [0.29, 0.717) is 18.5 Å². The van der Waals surface area contributed by atoms with Gasteiger partial charge in [-0.1, -0.05) is 76.6 Å². The molecular formula is C29H34BrN3O4S. The summed E-state index contributed by atoms with van der Waals surface area (Å²) in [4.78, 5) is 28.3. The average Bonchev–Trinajstić information content (AvgIpc) is 2.88. The van der Waals surface area contributed by atoms with Crippen molar-refractivity contribution in [3.63, 3.8) is 0 Å². The molecule has 9 heteroatoms. The predicted octanol–water partition coefficient (Wildman–Crippen LogP) is 4.69. The summed E-state index contributed by atoms with van der Waals surface area (Å²) in [6, 6.07) is 23.8. The number of carbonyl (C=O) groups excluding carboxylic acids is 2. The maximum absolute atomic E-state index is 13.7. The molecule has 0 radical (unpaired) electrons. The van der Waals surface area contributed by atoms with Crippen molar-refractivity contribution in [3.05, 3.63) is 100 Å². The zero-order valence-electron chi connectivity index (χ0n) is 21.9. The molecule has 0 saturated carbocycles. The third kappa shape index (κ3) is 8.16. The molecule has 1 N–H and O–H groups in total. The van der Waals surface area contributed by atoms with Crippen LogP contribution >= 0.6 is 15.9 Å². The fourth-order valence-corrected chi connectivity index (χ4v) is 5.85. The fraction of sp³-hybridized carbons (Fsp3) is 0.310. The lowest BCUT2D eigenvalue weighted by molar-refractivity contribution is -0.141. The molecule has 2 amide bonds.